The molecule has 1 N–H and O–H groups in total. The smallest absolute Gasteiger partial charge is 0.341 e. The molecule has 1 atom stereocenters. The highest BCUT2D eigenvalue weighted by Gasteiger charge is 2.23. The van der Waals surface area contributed by atoms with Crippen LogP contribution < -0.4 is 5.32 Å². The molecule has 0 spiro atoms. The fourth-order valence-electron chi connectivity index (χ4n) is 2.43. The first kappa shape index (κ1) is 17.8. The van der Waals surface area contributed by atoms with Gasteiger partial charge >= 0.3 is 5.97 Å². The fraction of sp³-hybridized carbons (Fsp3) is 0.158. The lowest BCUT2D eigenvalue weighted by molar-refractivity contribution is -0.124. The number of nitrogens with zero attached hydrogens (tertiary/aromatic N) is 2. The van der Waals surface area contributed by atoms with E-state index in [-0.39, 0.29) is 5.56 Å². The summed E-state index contributed by atoms with van der Waals surface area (Å²) in [4.78, 5) is 33.3. The number of benzene rings is 2. The van der Waals surface area contributed by atoms with E-state index in [9.17, 15) is 9.59 Å². The molecular weight excluding hydrogens is 354 g/mol. The number of para-hydroxylation sites is 1. The summed E-state index contributed by atoms with van der Waals surface area (Å²) in [5, 5.41) is 3.28. The van der Waals surface area contributed by atoms with Crippen LogP contribution in [0, 0.1) is 0 Å². The van der Waals surface area contributed by atoms with Gasteiger partial charge in [0.25, 0.3) is 5.91 Å². The van der Waals surface area contributed by atoms with E-state index in [4.69, 9.17) is 16.3 Å². The second-order valence-corrected chi connectivity index (χ2v) is 5.96. The van der Waals surface area contributed by atoms with Gasteiger partial charge in [0.2, 0.25) is 0 Å². The molecule has 132 valence electrons. The van der Waals surface area contributed by atoms with Crippen molar-refractivity contribution in [3.63, 3.8) is 0 Å². The molecule has 1 amide bonds. The van der Waals surface area contributed by atoms with Crippen LogP contribution in [0.4, 0.5) is 5.69 Å². The largest absolute Gasteiger partial charge is 0.449 e. The number of hydrogen-bond acceptors (Lipinski definition) is 5. The Hall–Kier alpha value is -2.99. The van der Waals surface area contributed by atoms with Gasteiger partial charge in [-0.25, -0.2) is 4.79 Å². The Balaban J connectivity index is 1.75. The van der Waals surface area contributed by atoms with E-state index in [0.717, 1.165) is 0 Å². The van der Waals surface area contributed by atoms with Crippen LogP contribution in [0.15, 0.2) is 54.9 Å². The van der Waals surface area contributed by atoms with Gasteiger partial charge in [0.15, 0.2) is 6.10 Å². The normalized spacial score (nSPS) is 11.8. The average Bonchev–Trinajstić information content (AvgIpc) is 2.67. The van der Waals surface area contributed by atoms with E-state index in [2.05, 4.69) is 15.3 Å². The Morgan fingerprint density at radius 1 is 1.12 bits per heavy atom. The summed E-state index contributed by atoms with van der Waals surface area (Å²) < 4.78 is 5.41. The minimum Gasteiger partial charge on any atom is -0.449 e. The van der Waals surface area contributed by atoms with Crippen LogP contribution in [0.1, 0.15) is 23.7 Å². The molecular formula is C19H16ClN3O3. The molecule has 26 heavy (non-hydrogen) atoms. The van der Waals surface area contributed by atoms with Gasteiger partial charge in [0.05, 0.1) is 11.1 Å². The van der Waals surface area contributed by atoms with Gasteiger partial charge in [-0.1, -0.05) is 24.6 Å². The number of esters is 1. The third-order valence-electron chi connectivity index (χ3n) is 3.74. The summed E-state index contributed by atoms with van der Waals surface area (Å²) in [5.41, 5.74) is 1.87. The molecule has 3 aromatic rings. The fourth-order valence-corrected chi connectivity index (χ4v) is 2.55. The SMILES string of the molecule is CCC(OC(=O)c1cccc2nccnc12)C(=O)Nc1ccc(Cl)cc1. The zero-order chi connectivity index (χ0) is 18.5. The minimum atomic E-state index is -0.926. The highest BCUT2D eigenvalue weighted by molar-refractivity contribution is 6.30. The Kier molecular flexibility index (Phi) is 5.43. The number of fused-ring (bicyclic) bond motifs is 1. The number of carbonyl (C=O) groups excluding carboxylic acids is 2. The monoisotopic (exact) mass is 369 g/mol. The predicted molar refractivity (Wildman–Crippen MR) is 99.1 cm³/mol. The van der Waals surface area contributed by atoms with Crippen molar-refractivity contribution < 1.29 is 14.3 Å². The van der Waals surface area contributed by atoms with Crippen LogP contribution in [-0.4, -0.2) is 27.9 Å². The third-order valence-corrected chi connectivity index (χ3v) is 3.99. The van der Waals surface area contributed by atoms with Crippen molar-refractivity contribution >= 4 is 40.2 Å². The van der Waals surface area contributed by atoms with Crippen molar-refractivity contribution in [2.45, 2.75) is 19.4 Å². The highest BCUT2D eigenvalue weighted by Crippen LogP contribution is 2.18. The topological polar surface area (TPSA) is 81.2 Å². The van der Waals surface area contributed by atoms with Crippen LogP contribution in [0.25, 0.3) is 11.0 Å². The van der Waals surface area contributed by atoms with Crippen LogP contribution in [0.2, 0.25) is 5.02 Å². The van der Waals surface area contributed by atoms with Crippen LogP contribution in [0.5, 0.6) is 0 Å². The highest BCUT2D eigenvalue weighted by atomic mass is 35.5. The molecule has 1 unspecified atom stereocenters. The molecule has 0 saturated heterocycles. The first-order chi connectivity index (χ1) is 12.6. The second-order valence-electron chi connectivity index (χ2n) is 5.53. The number of ether oxygens (including phenoxy) is 1. The quantitative estimate of drug-likeness (QED) is 0.691. The van der Waals surface area contributed by atoms with Crippen molar-refractivity contribution in [1.29, 1.82) is 0 Å². The lowest BCUT2D eigenvalue weighted by Crippen LogP contribution is -2.32. The van der Waals surface area contributed by atoms with Crippen molar-refractivity contribution in [2.75, 3.05) is 5.32 Å². The van der Waals surface area contributed by atoms with Gasteiger partial charge < -0.3 is 10.1 Å². The molecule has 3 rings (SSSR count). The van der Waals surface area contributed by atoms with E-state index in [1.165, 1.54) is 6.20 Å². The number of halogens is 1. The zero-order valence-electron chi connectivity index (χ0n) is 14.0. The van der Waals surface area contributed by atoms with E-state index in [1.807, 2.05) is 0 Å². The summed E-state index contributed by atoms with van der Waals surface area (Å²) in [5.74, 6) is -1.02. The Morgan fingerprint density at radius 2 is 1.85 bits per heavy atom. The van der Waals surface area contributed by atoms with E-state index < -0.39 is 18.0 Å². The first-order valence-corrected chi connectivity index (χ1v) is 8.43. The molecule has 6 nitrogen and oxygen atoms in total. The minimum absolute atomic E-state index is 0.272. The van der Waals surface area contributed by atoms with Crippen molar-refractivity contribution in [1.82, 2.24) is 9.97 Å². The zero-order valence-corrected chi connectivity index (χ0v) is 14.7. The summed E-state index contributed by atoms with van der Waals surface area (Å²) in [6.07, 6.45) is 2.46. The molecule has 7 heteroatoms. The summed E-state index contributed by atoms with van der Waals surface area (Å²) in [6.45, 7) is 1.77. The third kappa shape index (κ3) is 3.97. The van der Waals surface area contributed by atoms with Crippen molar-refractivity contribution in [3.8, 4) is 0 Å². The lowest BCUT2D eigenvalue weighted by atomic mass is 10.1. The number of aromatic nitrogens is 2. The van der Waals surface area contributed by atoms with Gasteiger partial charge in [0.1, 0.15) is 5.52 Å². The molecule has 0 aliphatic carbocycles. The van der Waals surface area contributed by atoms with Crippen LogP contribution >= 0.6 is 11.6 Å². The van der Waals surface area contributed by atoms with E-state index >= 15 is 0 Å². The maximum atomic E-state index is 12.5. The molecule has 0 aliphatic rings. The summed E-state index contributed by atoms with van der Waals surface area (Å²) in [7, 11) is 0. The van der Waals surface area contributed by atoms with Gasteiger partial charge in [-0.05, 0) is 42.8 Å². The van der Waals surface area contributed by atoms with Crippen LogP contribution in [-0.2, 0) is 9.53 Å². The second kappa shape index (κ2) is 7.93. The van der Waals surface area contributed by atoms with Gasteiger partial charge in [0, 0.05) is 23.1 Å². The van der Waals surface area contributed by atoms with E-state index in [0.29, 0.717) is 28.2 Å². The molecule has 0 radical (unpaired) electrons. The molecule has 2 aromatic carbocycles. The van der Waals surface area contributed by atoms with Gasteiger partial charge in [-0.3, -0.25) is 14.8 Å². The predicted octanol–water partition coefficient (Wildman–Crippen LogP) is 3.86. The molecule has 0 saturated carbocycles. The number of hydrogen-bond donors (Lipinski definition) is 1. The molecule has 0 aliphatic heterocycles. The van der Waals surface area contributed by atoms with Crippen LogP contribution in [0.3, 0.4) is 0 Å². The average molecular weight is 370 g/mol. The number of nitrogens with one attached hydrogen (secondary N) is 1. The number of amides is 1. The standard InChI is InChI=1S/C19H16ClN3O3/c1-2-16(18(24)23-13-8-6-12(20)7-9-13)26-19(25)14-4-3-5-15-17(14)22-11-10-21-15/h3-11,16H,2H2,1H3,(H,23,24). The molecule has 0 bridgehead atoms. The number of rotatable bonds is 5. The Morgan fingerprint density at radius 3 is 2.58 bits per heavy atom. The lowest BCUT2D eigenvalue weighted by Gasteiger charge is -2.16. The first-order valence-electron chi connectivity index (χ1n) is 8.05. The van der Waals surface area contributed by atoms with Gasteiger partial charge in [-0.15, -0.1) is 0 Å². The van der Waals surface area contributed by atoms with E-state index in [1.54, 1.807) is 55.6 Å². The Labute approximate surface area is 155 Å². The van der Waals surface area contributed by atoms with Crippen molar-refractivity contribution in [2.24, 2.45) is 0 Å². The summed E-state index contributed by atoms with van der Waals surface area (Å²) >= 11 is 5.83. The number of carbonyl (C=O) groups is 2. The number of anilines is 1. The molecule has 0 fully saturated rings. The maximum absolute atomic E-state index is 12.5. The Bertz CT molecular complexity index is 939. The molecule has 1 aromatic heterocycles. The maximum Gasteiger partial charge on any atom is 0.341 e. The van der Waals surface area contributed by atoms with Gasteiger partial charge in [-0.2, -0.15) is 0 Å². The molecule has 1 heterocycles. The van der Waals surface area contributed by atoms with Crippen molar-refractivity contribution in [3.05, 3.63) is 65.4 Å². The summed E-state index contributed by atoms with van der Waals surface area (Å²) in [6, 6.07) is 11.7.